The van der Waals surface area contributed by atoms with Crippen LogP contribution in [0.15, 0.2) is 55.0 Å². The molecule has 0 unspecified atom stereocenters. The van der Waals surface area contributed by atoms with Crippen molar-refractivity contribution >= 4 is 17.5 Å². The highest BCUT2D eigenvalue weighted by atomic mass is 16.6. The second-order valence-corrected chi connectivity index (χ2v) is 6.99. The number of hydrogen-bond donors (Lipinski definition) is 1. The number of anilines is 1. The van der Waals surface area contributed by atoms with Gasteiger partial charge in [0, 0.05) is 18.0 Å². The monoisotopic (exact) mass is 389 g/mol. The van der Waals surface area contributed by atoms with Gasteiger partial charge in [0.2, 0.25) is 5.88 Å². The SMILES string of the molecule is [C-]#[N+]c1cccc(Oc2nc(-c3cccnc3)ncc2NC(=O)OC(C)(C)C)c1. The van der Waals surface area contributed by atoms with Crippen molar-refractivity contribution in [3.63, 3.8) is 0 Å². The third kappa shape index (κ3) is 5.49. The number of carbonyl (C=O) groups is 1. The Morgan fingerprint density at radius 2 is 2.00 bits per heavy atom. The predicted octanol–water partition coefficient (Wildman–Crippen LogP) is 5.23. The fourth-order valence-corrected chi connectivity index (χ4v) is 2.31. The first-order valence-electron chi connectivity index (χ1n) is 8.77. The Kier molecular flexibility index (Phi) is 5.69. The first-order chi connectivity index (χ1) is 13.8. The van der Waals surface area contributed by atoms with E-state index in [0.717, 1.165) is 0 Å². The van der Waals surface area contributed by atoms with E-state index in [1.807, 2.05) is 6.07 Å². The number of aromatic nitrogens is 3. The van der Waals surface area contributed by atoms with Crippen LogP contribution in [0.2, 0.25) is 0 Å². The Bertz CT molecular complexity index is 1060. The van der Waals surface area contributed by atoms with Gasteiger partial charge >= 0.3 is 6.09 Å². The fraction of sp³-hybridized carbons (Fsp3) is 0.190. The minimum absolute atomic E-state index is 0.117. The number of rotatable bonds is 4. The molecule has 29 heavy (non-hydrogen) atoms. The second kappa shape index (κ2) is 8.35. The van der Waals surface area contributed by atoms with Gasteiger partial charge in [-0.05, 0) is 45.0 Å². The molecule has 0 saturated heterocycles. The molecule has 0 radical (unpaired) electrons. The molecule has 2 heterocycles. The maximum absolute atomic E-state index is 12.2. The summed E-state index contributed by atoms with van der Waals surface area (Å²) in [6.07, 6.45) is 4.05. The number of nitrogens with zero attached hydrogens (tertiary/aromatic N) is 4. The average Bonchev–Trinajstić information content (AvgIpc) is 2.68. The molecule has 0 bridgehead atoms. The van der Waals surface area contributed by atoms with Gasteiger partial charge in [-0.2, -0.15) is 4.98 Å². The molecule has 3 aromatic rings. The van der Waals surface area contributed by atoms with Gasteiger partial charge in [-0.1, -0.05) is 12.1 Å². The number of pyridine rings is 1. The van der Waals surface area contributed by atoms with Gasteiger partial charge in [0.15, 0.2) is 11.5 Å². The third-order valence-corrected chi connectivity index (χ3v) is 3.47. The van der Waals surface area contributed by atoms with E-state index >= 15 is 0 Å². The predicted molar refractivity (Wildman–Crippen MR) is 108 cm³/mol. The number of benzene rings is 1. The van der Waals surface area contributed by atoms with Crippen molar-refractivity contribution in [3.05, 3.63) is 66.4 Å². The summed E-state index contributed by atoms with van der Waals surface area (Å²) < 4.78 is 11.1. The smallest absolute Gasteiger partial charge is 0.412 e. The summed E-state index contributed by atoms with van der Waals surface area (Å²) in [4.78, 5) is 28.4. The Morgan fingerprint density at radius 3 is 2.69 bits per heavy atom. The number of amides is 1. The lowest BCUT2D eigenvalue weighted by Gasteiger charge is -2.20. The Balaban J connectivity index is 1.96. The maximum Gasteiger partial charge on any atom is 0.412 e. The Labute approximate surface area is 168 Å². The summed E-state index contributed by atoms with van der Waals surface area (Å²) in [5.74, 6) is 0.901. The van der Waals surface area contributed by atoms with Crippen molar-refractivity contribution in [1.29, 1.82) is 0 Å². The van der Waals surface area contributed by atoms with Crippen molar-refractivity contribution in [3.8, 4) is 23.0 Å². The second-order valence-electron chi connectivity index (χ2n) is 6.99. The molecule has 1 amide bonds. The number of carbonyl (C=O) groups excluding carboxylic acids is 1. The van der Waals surface area contributed by atoms with Gasteiger partial charge < -0.3 is 9.47 Å². The standard InChI is InChI=1S/C21H19N5O3/c1-21(2,3)29-20(27)25-17-13-24-18(14-7-6-10-23-12-14)26-19(17)28-16-9-5-8-15(11-16)22-4/h5-13H,1-3H3,(H,25,27). The van der Waals surface area contributed by atoms with Crippen LogP contribution in [0.5, 0.6) is 11.6 Å². The lowest BCUT2D eigenvalue weighted by Crippen LogP contribution is -2.27. The summed E-state index contributed by atoms with van der Waals surface area (Å²) in [7, 11) is 0. The van der Waals surface area contributed by atoms with E-state index < -0.39 is 11.7 Å². The van der Waals surface area contributed by atoms with Crippen LogP contribution in [0, 0.1) is 6.57 Å². The molecular formula is C21H19N5O3. The zero-order chi connectivity index (χ0) is 20.9. The van der Waals surface area contributed by atoms with Crippen molar-refractivity contribution in [1.82, 2.24) is 15.0 Å². The quantitative estimate of drug-likeness (QED) is 0.615. The highest BCUT2D eigenvalue weighted by molar-refractivity contribution is 5.86. The molecule has 8 nitrogen and oxygen atoms in total. The zero-order valence-corrected chi connectivity index (χ0v) is 16.2. The molecule has 1 N–H and O–H groups in total. The lowest BCUT2D eigenvalue weighted by atomic mass is 10.2. The molecule has 1 aromatic carbocycles. The van der Waals surface area contributed by atoms with Crippen LogP contribution in [0.1, 0.15) is 20.8 Å². The van der Waals surface area contributed by atoms with Crippen molar-refractivity contribution in [2.24, 2.45) is 0 Å². The van der Waals surface area contributed by atoms with Gasteiger partial charge in [-0.25, -0.2) is 14.6 Å². The van der Waals surface area contributed by atoms with Gasteiger partial charge in [-0.3, -0.25) is 10.3 Å². The summed E-state index contributed by atoms with van der Waals surface area (Å²) in [6, 6.07) is 10.2. The van der Waals surface area contributed by atoms with Gasteiger partial charge in [-0.15, -0.1) is 0 Å². The highest BCUT2D eigenvalue weighted by Crippen LogP contribution is 2.31. The minimum atomic E-state index is -0.661. The molecule has 0 aliphatic rings. The summed E-state index contributed by atoms with van der Waals surface area (Å²) in [5, 5.41) is 2.61. The molecule has 0 atom stereocenters. The van der Waals surface area contributed by atoms with Crippen molar-refractivity contribution < 1.29 is 14.3 Å². The van der Waals surface area contributed by atoms with Crippen LogP contribution in [0.4, 0.5) is 16.2 Å². The summed E-state index contributed by atoms with van der Waals surface area (Å²) in [6.45, 7) is 12.4. The fourth-order valence-electron chi connectivity index (χ4n) is 2.31. The van der Waals surface area contributed by atoms with Gasteiger partial charge in [0.25, 0.3) is 0 Å². The molecule has 3 rings (SSSR count). The molecule has 0 fully saturated rings. The van der Waals surface area contributed by atoms with E-state index in [4.69, 9.17) is 16.0 Å². The van der Waals surface area contributed by atoms with Crippen molar-refractivity contribution in [2.75, 3.05) is 5.32 Å². The summed E-state index contributed by atoms with van der Waals surface area (Å²) >= 11 is 0. The Hall–Kier alpha value is -3.99. The van der Waals surface area contributed by atoms with Crippen LogP contribution in [0.25, 0.3) is 16.2 Å². The van der Waals surface area contributed by atoms with E-state index in [0.29, 0.717) is 22.8 Å². The minimum Gasteiger partial charge on any atom is -0.444 e. The lowest BCUT2D eigenvalue weighted by molar-refractivity contribution is 0.0635. The third-order valence-electron chi connectivity index (χ3n) is 3.47. The van der Waals surface area contributed by atoms with E-state index in [9.17, 15) is 4.79 Å². The van der Waals surface area contributed by atoms with Crippen molar-refractivity contribution in [2.45, 2.75) is 26.4 Å². The van der Waals surface area contributed by atoms with Gasteiger partial charge in [0.1, 0.15) is 17.0 Å². The number of nitrogens with one attached hydrogen (secondary N) is 1. The van der Waals surface area contributed by atoms with E-state index in [2.05, 4.69) is 25.1 Å². The number of ether oxygens (including phenoxy) is 2. The molecule has 0 saturated carbocycles. The normalized spacial score (nSPS) is 10.7. The first kappa shape index (κ1) is 19.8. The number of hydrogen-bond acceptors (Lipinski definition) is 6. The maximum atomic E-state index is 12.2. The molecule has 8 heteroatoms. The molecule has 0 spiro atoms. The van der Waals surface area contributed by atoms with Gasteiger partial charge in [0.05, 0.1) is 12.8 Å². The first-order valence-corrected chi connectivity index (χ1v) is 8.77. The molecular weight excluding hydrogens is 370 g/mol. The molecule has 0 aliphatic heterocycles. The zero-order valence-electron chi connectivity index (χ0n) is 16.2. The van der Waals surface area contributed by atoms with E-state index in [1.54, 1.807) is 63.5 Å². The van der Waals surface area contributed by atoms with E-state index in [-0.39, 0.29) is 11.6 Å². The van der Waals surface area contributed by atoms with Crippen LogP contribution in [-0.4, -0.2) is 26.6 Å². The van der Waals surface area contributed by atoms with Crippen LogP contribution >= 0.6 is 0 Å². The largest absolute Gasteiger partial charge is 0.444 e. The topological polar surface area (TPSA) is 90.6 Å². The van der Waals surface area contributed by atoms with Crippen LogP contribution in [-0.2, 0) is 4.74 Å². The molecule has 0 aliphatic carbocycles. The van der Waals surface area contributed by atoms with Crippen LogP contribution in [0.3, 0.4) is 0 Å². The molecule has 146 valence electrons. The Morgan fingerprint density at radius 1 is 1.17 bits per heavy atom. The summed E-state index contributed by atoms with van der Waals surface area (Å²) in [5.41, 5.74) is 0.688. The highest BCUT2D eigenvalue weighted by Gasteiger charge is 2.19. The van der Waals surface area contributed by atoms with E-state index in [1.165, 1.54) is 6.20 Å². The average molecular weight is 389 g/mol. The molecule has 2 aromatic heterocycles. The van der Waals surface area contributed by atoms with Crippen LogP contribution < -0.4 is 10.1 Å².